The zero-order chi connectivity index (χ0) is 11.3. The largest absolute Gasteiger partial charge is 0.452 e. The van der Waals surface area contributed by atoms with Crippen molar-refractivity contribution in [3.8, 4) is 0 Å². The maximum absolute atomic E-state index is 11.4. The number of hydrogen-bond donors (Lipinski definition) is 2. The summed E-state index contributed by atoms with van der Waals surface area (Å²) in [4.78, 5) is 22.0. The molecule has 2 amide bonds. The van der Waals surface area contributed by atoms with Gasteiger partial charge in [0, 0.05) is 10.0 Å². The van der Waals surface area contributed by atoms with E-state index >= 15 is 0 Å². The van der Waals surface area contributed by atoms with E-state index in [0.717, 1.165) is 4.47 Å². The van der Waals surface area contributed by atoms with E-state index in [4.69, 9.17) is 0 Å². The zero-order valence-electron chi connectivity index (χ0n) is 7.91. The van der Waals surface area contributed by atoms with Gasteiger partial charge < -0.3 is 4.74 Å². The average molecular weight is 273 g/mol. The fourth-order valence-corrected chi connectivity index (χ4v) is 1.10. The zero-order valence-corrected chi connectivity index (χ0v) is 9.50. The quantitative estimate of drug-likeness (QED) is 0.761. The summed E-state index contributed by atoms with van der Waals surface area (Å²) in [5, 5.41) is 0. The first-order valence-corrected chi connectivity index (χ1v) is 4.82. The van der Waals surface area contributed by atoms with E-state index in [1.54, 1.807) is 24.3 Å². The SMILES string of the molecule is COC(=O)NNC(=O)c1ccc(Br)cc1. The fourth-order valence-electron chi connectivity index (χ4n) is 0.832. The smallest absolute Gasteiger partial charge is 0.425 e. The van der Waals surface area contributed by atoms with E-state index < -0.39 is 12.0 Å². The van der Waals surface area contributed by atoms with Crippen molar-refractivity contribution in [2.75, 3.05) is 7.11 Å². The number of hydrazine groups is 1. The summed E-state index contributed by atoms with van der Waals surface area (Å²) in [6.07, 6.45) is -0.722. The van der Waals surface area contributed by atoms with Gasteiger partial charge >= 0.3 is 6.09 Å². The Morgan fingerprint density at radius 2 is 1.80 bits per heavy atom. The van der Waals surface area contributed by atoms with E-state index in [1.165, 1.54) is 7.11 Å². The predicted molar refractivity (Wildman–Crippen MR) is 57.1 cm³/mol. The van der Waals surface area contributed by atoms with E-state index in [9.17, 15) is 9.59 Å². The molecule has 2 N–H and O–H groups in total. The Kier molecular flexibility index (Phi) is 4.11. The lowest BCUT2D eigenvalue weighted by Gasteiger charge is -2.05. The van der Waals surface area contributed by atoms with Crippen LogP contribution < -0.4 is 10.9 Å². The molecule has 0 aliphatic heterocycles. The Bertz CT molecular complexity index is 364. The first kappa shape index (κ1) is 11.5. The number of benzene rings is 1. The first-order valence-electron chi connectivity index (χ1n) is 4.03. The van der Waals surface area contributed by atoms with Crippen molar-refractivity contribution < 1.29 is 14.3 Å². The molecule has 15 heavy (non-hydrogen) atoms. The standard InChI is InChI=1S/C9H9BrN2O3/c1-15-9(14)12-11-8(13)6-2-4-7(10)5-3-6/h2-5H,1H3,(H,11,13)(H,12,14). The summed E-state index contributed by atoms with van der Waals surface area (Å²) in [5.41, 5.74) is 4.70. The van der Waals surface area contributed by atoms with Crippen molar-refractivity contribution in [3.63, 3.8) is 0 Å². The van der Waals surface area contributed by atoms with Crippen molar-refractivity contribution in [1.29, 1.82) is 0 Å². The molecular formula is C9H9BrN2O3. The van der Waals surface area contributed by atoms with Crippen LogP contribution >= 0.6 is 15.9 Å². The third kappa shape index (κ3) is 3.59. The fraction of sp³-hybridized carbons (Fsp3) is 0.111. The molecule has 0 spiro atoms. The number of carbonyl (C=O) groups is 2. The number of ether oxygens (including phenoxy) is 1. The molecule has 80 valence electrons. The molecule has 0 unspecified atom stereocenters. The van der Waals surface area contributed by atoms with Crippen molar-refractivity contribution >= 4 is 27.9 Å². The van der Waals surface area contributed by atoms with Crippen molar-refractivity contribution in [1.82, 2.24) is 10.9 Å². The molecule has 0 aliphatic rings. The van der Waals surface area contributed by atoms with Crippen molar-refractivity contribution in [3.05, 3.63) is 34.3 Å². The molecular weight excluding hydrogens is 264 g/mol. The summed E-state index contributed by atoms with van der Waals surface area (Å²) in [6, 6.07) is 6.71. The number of amides is 2. The predicted octanol–water partition coefficient (Wildman–Crippen LogP) is 1.45. The molecule has 1 rings (SSSR count). The first-order chi connectivity index (χ1) is 7.13. The van der Waals surface area contributed by atoms with Gasteiger partial charge in [0.1, 0.15) is 0 Å². The second-order valence-electron chi connectivity index (χ2n) is 2.58. The minimum absolute atomic E-state index is 0.409. The molecule has 0 aliphatic carbocycles. The summed E-state index contributed by atoms with van der Waals surface area (Å²) < 4.78 is 5.16. The number of rotatable bonds is 1. The van der Waals surface area contributed by atoms with Gasteiger partial charge in [-0.25, -0.2) is 10.2 Å². The number of carbonyl (C=O) groups excluding carboxylic acids is 2. The van der Waals surface area contributed by atoms with Gasteiger partial charge in [0.25, 0.3) is 5.91 Å². The second-order valence-corrected chi connectivity index (χ2v) is 3.49. The summed E-state index contributed by atoms with van der Waals surface area (Å²) >= 11 is 3.25. The molecule has 0 radical (unpaired) electrons. The van der Waals surface area contributed by atoms with Crippen LogP contribution in [0.1, 0.15) is 10.4 Å². The number of methoxy groups -OCH3 is 1. The van der Waals surface area contributed by atoms with Gasteiger partial charge in [0.2, 0.25) is 0 Å². The Morgan fingerprint density at radius 1 is 1.20 bits per heavy atom. The maximum atomic E-state index is 11.4. The molecule has 0 aromatic heterocycles. The van der Waals surface area contributed by atoms with Crippen LogP contribution in [0.4, 0.5) is 4.79 Å². The summed E-state index contributed by atoms with van der Waals surface area (Å²) in [5.74, 6) is -0.409. The van der Waals surface area contributed by atoms with Crippen LogP contribution in [0.3, 0.4) is 0 Å². The highest BCUT2D eigenvalue weighted by Crippen LogP contribution is 2.09. The van der Waals surface area contributed by atoms with Gasteiger partial charge in [0.05, 0.1) is 7.11 Å². The molecule has 0 fully saturated rings. The van der Waals surface area contributed by atoms with Crippen LogP contribution in [0.2, 0.25) is 0 Å². The molecule has 0 bridgehead atoms. The van der Waals surface area contributed by atoms with Gasteiger partial charge in [-0.05, 0) is 24.3 Å². The van der Waals surface area contributed by atoms with Crippen LogP contribution in [0, 0.1) is 0 Å². The molecule has 1 aromatic carbocycles. The van der Waals surface area contributed by atoms with Crippen LogP contribution in [0.15, 0.2) is 28.7 Å². The molecule has 0 saturated carbocycles. The molecule has 1 aromatic rings. The van der Waals surface area contributed by atoms with E-state index in [2.05, 4.69) is 31.5 Å². The minimum Gasteiger partial charge on any atom is -0.452 e. The summed E-state index contributed by atoms with van der Waals surface area (Å²) in [7, 11) is 1.21. The maximum Gasteiger partial charge on any atom is 0.425 e. The lowest BCUT2D eigenvalue weighted by molar-refractivity contribution is 0.0920. The van der Waals surface area contributed by atoms with Crippen LogP contribution in [0.25, 0.3) is 0 Å². The van der Waals surface area contributed by atoms with Gasteiger partial charge in [0.15, 0.2) is 0 Å². The van der Waals surface area contributed by atoms with Gasteiger partial charge in [-0.15, -0.1) is 0 Å². The Morgan fingerprint density at radius 3 is 2.33 bits per heavy atom. The summed E-state index contributed by atoms with van der Waals surface area (Å²) in [6.45, 7) is 0. The minimum atomic E-state index is -0.722. The Balaban J connectivity index is 2.54. The average Bonchev–Trinajstić information content (AvgIpc) is 2.26. The van der Waals surface area contributed by atoms with E-state index in [0.29, 0.717) is 5.56 Å². The highest BCUT2D eigenvalue weighted by atomic mass is 79.9. The monoisotopic (exact) mass is 272 g/mol. The Hall–Kier alpha value is -1.56. The van der Waals surface area contributed by atoms with Crippen molar-refractivity contribution in [2.45, 2.75) is 0 Å². The highest BCUT2D eigenvalue weighted by Gasteiger charge is 2.05. The number of halogens is 1. The highest BCUT2D eigenvalue weighted by molar-refractivity contribution is 9.10. The molecule has 6 heteroatoms. The van der Waals surface area contributed by atoms with E-state index in [-0.39, 0.29) is 0 Å². The Labute approximate surface area is 94.9 Å². The lowest BCUT2D eigenvalue weighted by Crippen LogP contribution is -2.41. The second kappa shape index (κ2) is 5.35. The van der Waals surface area contributed by atoms with E-state index in [1.807, 2.05) is 0 Å². The van der Waals surface area contributed by atoms with Crippen molar-refractivity contribution in [2.24, 2.45) is 0 Å². The molecule has 5 nitrogen and oxygen atoms in total. The molecule has 0 heterocycles. The third-order valence-electron chi connectivity index (χ3n) is 1.57. The molecule has 0 saturated heterocycles. The number of nitrogens with one attached hydrogen (secondary N) is 2. The molecule has 0 atom stereocenters. The van der Waals surface area contributed by atoms with Gasteiger partial charge in [-0.1, -0.05) is 15.9 Å². The van der Waals surface area contributed by atoms with Gasteiger partial charge in [-0.2, -0.15) is 0 Å². The van der Waals surface area contributed by atoms with Crippen LogP contribution in [0.5, 0.6) is 0 Å². The third-order valence-corrected chi connectivity index (χ3v) is 2.10. The normalized spacial score (nSPS) is 9.20. The topological polar surface area (TPSA) is 67.4 Å². The van der Waals surface area contributed by atoms with Crippen LogP contribution in [-0.4, -0.2) is 19.1 Å². The van der Waals surface area contributed by atoms with Crippen LogP contribution in [-0.2, 0) is 4.74 Å². The number of hydrogen-bond acceptors (Lipinski definition) is 3. The van der Waals surface area contributed by atoms with Gasteiger partial charge in [-0.3, -0.25) is 10.2 Å². The lowest BCUT2D eigenvalue weighted by atomic mass is 10.2.